The van der Waals surface area contributed by atoms with E-state index in [1.807, 2.05) is 18.2 Å². The largest absolute Gasteiger partial charge is 0.380 e. The molecule has 0 saturated carbocycles. The topological polar surface area (TPSA) is 38.3 Å². The molecule has 0 bridgehead atoms. The predicted molar refractivity (Wildman–Crippen MR) is 40.6 cm³/mol. The first-order valence-electron chi connectivity index (χ1n) is 3.13. The van der Waals surface area contributed by atoms with Crippen molar-refractivity contribution in [2.24, 2.45) is 0 Å². The van der Waals surface area contributed by atoms with Gasteiger partial charge in [-0.15, -0.1) is 0 Å². The van der Waals surface area contributed by atoms with Gasteiger partial charge in [-0.3, -0.25) is 4.79 Å². The fourth-order valence-corrected chi connectivity index (χ4v) is 0.604. The van der Waals surface area contributed by atoms with Crippen molar-refractivity contribution in [3.63, 3.8) is 0 Å². The summed E-state index contributed by atoms with van der Waals surface area (Å²) in [7, 11) is 0. The molecule has 1 rings (SSSR count). The molecule has 0 unspecified atom stereocenters. The zero-order valence-corrected chi connectivity index (χ0v) is 5.91. The van der Waals surface area contributed by atoms with E-state index in [1.54, 1.807) is 12.1 Å². The molecule has 0 heterocycles. The van der Waals surface area contributed by atoms with E-state index in [-0.39, 0.29) is 0 Å². The van der Waals surface area contributed by atoms with Gasteiger partial charge < -0.3 is 4.84 Å². The minimum Gasteiger partial charge on any atom is -0.380 e. The molecule has 57 valence electrons. The quantitative estimate of drug-likeness (QED) is 0.637. The van der Waals surface area contributed by atoms with Crippen molar-refractivity contribution in [2.45, 2.75) is 0 Å². The molecule has 1 N–H and O–H groups in total. The maximum atomic E-state index is 10.3. The lowest BCUT2D eigenvalue weighted by Crippen LogP contribution is -2.23. The normalized spacial score (nSPS) is 8.82. The van der Waals surface area contributed by atoms with Crippen LogP contribution in [0.1, 0.15) is 0 Å². The molecule has 1 radical (unpaired) electrons. The van der Waals surface area contributed by atoms with Gasteiger partial charge in [-0.25, -0.2) is 0 Å². The second-order valence-corrected chi connectivity index (χ2v) is 1.94. The molecule has 1 aromatic carbocycles. The molecule has 3 heteroatoms. The van der Waals surface area contributed by atoms with E-state index in [4.69, 9.17) is 4.84 Å². The maximum absolute atomic E-state index is 10.3. The number of hydroxylamine groups is 1. The summed E-state index contributed by atoms with van der Waals surface area (Å²) in [6.45, 7) is 3.08. The molecule has 0 spiro atoms. The highest BCUT2D eigenvalue weighted by molar-refractivity contribution is 5.79. The Morgan fingerprint density at radius 3 is 2.55 bits per heavy atom. The second-order valence-electron chi connectivity index (χ2n) is 1.94. The van der Waals surface area contributed by atoms with Gasteiger partial charge in [-0.1, -0.05) is 18.2 Å². The van der Waals surface area contributed by atoms with Gasteiger partial charge >= 0.3 is 0 Å². The molecule has 0 aliphatic rings. The molecule has 1 aromatic rings. The number of rotatable bonds is 2. The Balaban J connectivity index is 2.45. The van der Waals surface area contributed by atoms with Crippen molar-refractivity contribution >= 4 is 5.91 Å². The Bertz CT molecular complexity index is 233. The standard InChI is InChI=1S/C8H8NO2/c1-7(10)9-11-8-5-3-2-4-6-8/h2-6H,1H2,(H,9,10). The third kappa shape index (κ3) is 2.71. The number of para-hydroxylation sites is 1. The van der Waals surface area contributed by atoms with Gasteiger partial charge in [0.25, 0.3) is 5.91 Å². The molecule has 0 atom stereocenters. The van der Waals surface area contributed by atoms with Crippen molar-refractivity contribution in [3.8, 4) is 5.75 Å². The second kappa shape index (κ2) is 3.61. The van der Waals surface area contributed by atoms with Gasteiger partial charge in [0.15, 0.2) is 5.75 Å². The van der Waals surface area contributed by atoms with Crippen LogP contribution in [0.25, 0.3) is 0 Å². The third-order valence-corrected chi connectivity index (χ3v) is 1.03. The Kier molecular flexibility index (Phi) is 2.49. The van der Waals surface area contributed by atoms with E-state index in [1.165, 1.54) is 0 Å². The zero-order chi connectivity index (χ0) is 8.10. The fourth-order valence-electron chi connectivity index (χ4n) is 0.604. The summed E-state index contributed by atoms with van der Waals surface area (Å²) in [5, 5.41) is 0. The Hall–Kier alpha value is -1.51. The summed E-state index contributed by atoms with van der Waals surface area (Å²) in [6, 6.07) is 8.94. The van der Waals surface area contributed by atoms with E-state index in [0.717, 1.165) is 0 Å². The van der Waals surface area contributed by atoms with Crippen LogP contribution in [0.4, 0.5) is 0 Å². The van der Waals surface area contributed by atoms with Gasteiger partial charge in [0.2, 0.25) is 0 Å². The maximum Gasteiger partial charge on any atom is 0.253 e. The van der Waals surface area contributed by atoms with Crippen LogP contribution in [0.5, 0.6) is 5.75 Å². The van der Waals surface area contributed by atoms with E-state index >= 15 is 0 Å². The summed E-state index contributed by atoms with van der Waals surface area (Å²) in [6.07, 6.45) is 0. The van der Waals surface area contributed by atoms with Crippen molar-refractivity contribution < 1.29 is 9.63 Å². The molecule has 0 fully saturated rings. The number of carbonyl (C=O) groups is 1. The van der Waals surface area contributed by atoms with Crippen molar-refractivity contribution in [1.29, 1.82) is 0 Å². The number of benzene rings is 1. The SMILES string of the molecule is [CH2]C(=O)NOc1ccccc1. The Morgan fingerprint density at radius 2 is 2.00 bits per heavy atom. The smallest absolute Gasteiger partial charge is 0.253 e. The number of hydrogen-bond donors (Lipinski definition) is 1. The molecule has 3 nitrogen and oxygen atoms in total. The Morgan fingerprint density at radius 1 is 1.36 bits per heavy atom. The number of hydrogen-bond acceptors (Lipinski definition) is 2. The van der Waals surface area contributed by atoms with E-state index in [9.17, 15) is 4.79 Å². The van der Waals surface area contributed by atoms with Crippen LogP contribution in [0, 0.1) is 6.92 Å². The first kappa shape index (κ1) is 7.60. The molecular formula is C8H8NO2. The molecule has 1 amide bonds. The van der Waals surface area contributed by atoms with Crippen LogP contribution in [0.3, 0.4) is 0 Å². The highest BCUT2D eigenvalue weighted by Crippen LogP contribution is 2.05. The molecule has 0 aliphatic heterocycles. The van der Waals surface area contributed by atoms with Gasteiger partial charge in [0, 0.05) is 6.92 Å². The summed E-state index contributed by atoms with van der Waals surface area (Å²) in [5.74, 6) is 0.123. The molecule has 0 aromatic heterocycles. The minimum absolute atomic E-state index is 0.464. The highest BCUT2D eigenvalue weighted by Gasteiger charge is 1.91. The Labute approximate surface area is 64.9 Å². The molecular weight excluding hydrogens is 142 g/mol. The average Bonchev–Trinajstić information content (AvgIpc) is 2.03. The lowest BCUT2D eigenvalue weighted by atomic mass is 10.3. The van der Waals surface area contributed by atoms with Gasteiger partial charge in [-0.2, -0.15) is 5.48 Å². The van der Waals surface area contributed by atoms with Crippen molar-refractivity contribution in [1.82, 2.24) is 5.48 Å². The van der Waals surface area contributed by atoms with Crippen LogP contribution < -0.4 is 10.3 Å². The third-order valence-electron chi connectivity index (χ3n) is 1.03. The highest BCUT2D eigenvalue weighted by atomic mass is 16.7. The molecule has 0 saturated heterocycles. The number of amides is 1. The van der Waals surface area contributed by atoms with Crippen molar-refractivity contribution in [2.75, 3.05) is 0 Å². The summed E-state index contributed by atoms with van der Waals surface area (Å²) in [4.78, 5) is 15.1. The minimum atomic E-state index is -0.464. The number of nitrogens with one attached hydrogen (secondary N) is 1. The summed E-state index contributed by atoms with van der Waals surface area (Å²) in [5.41, 5.74) is 2.11. The van der Waals surface area contributed by atoms with Crippen LogP contribution in [-0.4, -0.2) is 5.91 Å². The molecule has 11 heavy (non-hydrogen) atoms. The van der Waals surface area contributed by atoms with Gasteiger partial charge in [0.1, 0.15) is 0 Å². The first-order chi connectivity index (χ1) is 5.29. The van der Waals surface area contributed by atoms with Gasteiger partial charge in [0.05, 0.1) is 0 Å². The van der Waals surface area contributed by atoms with E-state index in [2.05, 4.69) is 12.4 Å². The number of carbonyl (C=O) groups excluding carboxylic acids is 1. The zero-order valence-electron chi connectivity index (χ0n) is 5.91. The summed E-state index contributed by atoms with van der Waals surface area (Å²) < 4.78 is 0. The first-order valence-corrected chi connectivity index (χ1v) is 3.13. The van der Waals surface area contributed by atoms with Crippen LogP contribution in [0.15, 0.2) is 30.3 Å². The predicted octanol–water partition coefficient (Wildman–Crippen LogP) is 0.931. The molecule has 0 aliphatic carbocycles. The summed E-state index contributed by atoms with van der Waals surface area (Å²) >= 11 is 0. The average molecular weight is 150 g/mol. The lowest BCUT2D eigenvalue weighted by Gasteiger charge is -2.02. The lowest BCUT2D eigenvalue weighted by molar-refractivity contribution is -0.123. The van der Waals surface area contributed by atoms with Crippen LogP contribution in [0.2, 0.25) is 0 Å². The fraction of sp³-hybridized carbons (Fsp3) is 0. The van der Waals surface area contributed by atoms with E-state index < -0.39 is 5.91 Å². The van der Waals surface area contributed by atoms with Gasteiger partial charge in [-0.05, 0) is 12.1 Å². The van der Waals surface area contributed by atoms with Crippen LogP contribution >= 0.6 is 0 Å². The monoisotopic (exact) mass is 150 g/mol. The van der Waals surface area contributed by atoms with E-state index in [0.29, 0.717) is 5.75 Å². The van der Waals surface area contributed by atoms with Crippen molar-refractivity contribution in [3.05, 3.63) is 37.3 Å². The van der Waals surface area contributed by atoms with Crippen LogP contribution in [-0.2, 0) is 4.79 Å².